The molecule has 0 aromatic heterocycles. The highest BCUT2D eigenvalue weighted by molar-refractivity contribution is 5.90. The smallest absolute Gasteiger partial charge is 0.416 e. The lowest BCUT2D eigenvalue weighted by molar-refractivity contribution is -0.174. The van der Waals surface area contributed by atoms with Crippen molar-refractivity contribution in [2.75, 3.05) is 11.9 Å². The summed E-state index contributed by atoms with van der Waals surface area (Å²) in [6.07, 6.45) is -4.47. The fourth-order valence-electron chi connectivity index (χ4n) is 1.63. The molecular formula is C16H21F3N2O4. The van der Waals surface area contributed by atoms with Gasteiger partial charge in [0, 0.05) is 5.69 Å². The number of benzene rings is 1. The van der Waals surface area contributed by atoms with E-state index in [4.69, 9.17) is 4.74 Å². The zero-order valence-corrected chi connectivity index (χ0v) is 14.3. The topological polar surface area (TPSA) is 87.7 Å². The van der Waals surface area contributed by atoms with Crippen molar-refractivity contribution in [1.82, 2.24) is 5.32 Å². The molecule has 1 aromatic rings. The fraction of sp³-hybridized carbons (Fsp3) is 0.500. The van der Waals surface area contributed by atoms with Crippen LogP contribution in [-0.4, -0.2) is 34.9 Å². The SMILES string of the molecule is CC(C)(C)OC(=O)C(C)(O)CNC(=O)Nc1ccc(C(F)(F)F)cc1. The largest absolute Gasteiger partial charge is 0.458 e. The van der Waals surface area contributed by atoms with Crippen LogP contribution in [0.3, 0.4) is 0 Å². The molecule has 0 saturated heterocycles. The Morgan fingerprint density at radius 1 is 1.08 bits per heavy atom. The zero-order valence-electron chi connectivity index (χ0n) is 14.3. The molecule has 0 aliphatic heterocycles. The summed E-state index contributed by atoms with van der Waals surface area (Å²) < 4.78 is 42.4. The maximum atomic E-state index is 12.5. The molecule has 25 heavy (non-hydrogen) atoms. The molecule has 0 aliphatic carbocycles. The number of urea groups is 1. The Hall–Kier alpha value is -2.29. The summed E-state index contributed by atoms with van der Waals surface area (Å²) >= 11 is 0. The third-order valence-electron chi connectivity index (χ3n) is 2.90. The van der Waals surface area contributed by atoms with Crippen molar-refractivity contribution in [3.8, 4) is 0 Å². The highest BCUT2D eigenvalue weighted by Gasteiger charge is 2.35. The van der Waals surface area contributed by atoms with Gasteiger partial charge in [-0.1, -0.05) is 0 Å². The molecule has 0 fully saturated rings. The first-order valence-corrected chi connectivity index (χ1v) is 7.39. The summed E-state index contributed by atoms with van der Waals surface area (Å²) in [6.45, 7) is 5.64. The first kappa shape index (κ1) is 20.8. The van der Waals surface area contributed by atoms with E-state index in [1.807, 2.05) is 0 Å². The average molecular weight is 362 g/mol. The summed E-state index contributed by atoms with van der Waals surface area (Å²) in [5.41, 5.74) is -3.47. The first-order valence-electron chi connectivity index (χ1n) is 7.39. The quantitative estimate of drug-likeness (QED) is 0.719. The molecule has 1 unspecified atom stereocenters. The second-order valence-electron chi connectivity index (χ2n) is 6.66. The number of carbonyl (C=O) groups excluding carboxylic acids is 2. The first-order chi connectivity index (χ1) is 11.2. The van der Waals surface area contributed by atoms with Crippen LogP contribution < -0.4 is 10.6 Å². The number of hydrogen-bond acceptors (Lipinski definition) is 4. The number of ether oxygens (including phenoxy) is 1. The van der Waals surface area contributed by atoms with Gasteiger partial charge in [0.1, 0.15) is 5.60 Å². The Morgan fingerprint density at radius 2 is 1.60 bits per heavy atom. The Bertz CT molecular complexity index is 620. The summed E-state index contributed by atoms with van der Waals surface area (Å²) in [6, 6.07) is 3.05. The number of nitrogens with one attached hydrogen (secondary N) is 2. The molecule has 1 atom stereocenters. The molecular weight excluding hydrogens is 341 g/mol. The Balaban J connectivity index is 2.58. The van der Waals surface area contributed by atoms with Gasteiger partial charge in [0.25, 0.3) is 0 Å². The maximum Gasteiger partial charge on any atom is 0.416 e. The minimum Gasteiger partial charge on any atom is -0.458 e. The second-order valence-corrected chi connectivity index (χ2v) is 6.66. The van der Waals surface area contributed by atoms with E-state index >= 15 is 0 Å². The standard InChI is InChI=1S/C16H21F3N2O4/c1-14(2,3)25-12(22)15(4,24)9-20-13(23)21-11-7-5-10(6-8-11)16(17,18)19/h5-8,24H,9H2,1-4H3,(H2,20,21,23). The monoisotopic (exact) mass is 362 g/mol. The Kier molecular flexibility index (Phi) is 6.06. The van der Waals surface area contributed by atoms with Gasteiger partial charge in [0.05, 0.1) is 12.1 Å². The molecule has 1 aromatic carbocycles. The van der Waals surface area contributed by atoms with Crippen LogP contribution in [0.1, 0.15) is 33.3 Å². The van der Waals surface area contributed by atoms with Gasteiger partial charge in [-0.3, -0.25) is 0 Å². The van der Waals surface area contributed by atoms with E-state index < -0.39 is 41.5 Å². The minimum atomic E-state index is -4.47. The molecule has 9 heteroatoms. The number of esters is 1. The number of rotatable bonds is 4. The number of carbonyl (C=O) groups is 2. The van der Waals surface area contributed by atoms with Gasteiger partial charge in [0.2, 0.25) is 0 Å². The second kappa shape index (κ2) is 7.30. The molecule has 1 rings (SSSR count). The third-order valence-corrected chi connectivity index (χ3v) is 2.90. The number of amides is 2. The van der Waals surface area contributed by atoms with E-state index in [-0.39, 0.29) is 5.69 Å². The van der Waals surface area contributed by atoms with Gasteiger partial charge in [-0.05, 0) is 52.0 Å². The Morgan fingerprint density at radius 3 is 2.04 bits per heavy atom. The minimum absolute atomic E-state index is 0.127. The van der Waals surface area contributed by atoms with Crippen LogP contribution in [0.4, 0.5) is 23.7 Å². The number of hydrogen-bond donors (Lipinski definition) is 3. The summed E-state index contributed by atoms with van der Waals surface area (Å²) in [5.74, 6) is -0.908. The predicted octanol–water partition coefficient (Wildman–Crippen LogP) is 2.92. The molecule has 3 N–H and O–H groups in total. The summed E-state index contributed by atoms with van der Waals surface area (Å²) in [7, 11) is 0. The van der Waals surface area contributed by atoms with Crippen molar-refractivity contribution in [2.45, 2.75) is 45.1 Å². The van der Waals surface area contributed by atoms with E-state index in [1.54, 1.807) is 20.8 Å². The third kappa shape index (κ3) is 7.00. The van der Waals surface area contributed by atoms with Crippen molar-refractivity contribution in [1.29, 1.82) is 0 Å². The van der Waals surface area contributed by atoms with Gasteiger partial charge < -0.3 is 20.5 Å². The molecule has 140 valence electrons. The van der Waals surface area contributed by atoms with Gasteiger partial charge in [-0.2, -0.15) is 13.2 Å². The maximum absolute atomic E-state index is 12.5. The van der Waals surface area contributed by atoms with Crippen LogP contribution in [0, 0.1) is 0 Å². The molecule has 0 radical (unpaired) electrons. The number of anilines is 1. The molecule has 0 heterocycles. The fourth-order valence-corrected chi connectivity index (χ4v) is 1.63. The number of alkyl halides is 3. The van der Waals surface area contributed by atoms with Crippen LogP contribution in [0.5, 0.6) is 0 Å². The zero-order chi connectivity index (χ0) is 19.5. The number of halogens is 3. The van der Waals surface area contributed by atoms with Crippen LogP contribution >= 0.6 is 0 Å². The molecule has 0 spiro atoms. The van der Waals surface area contributed by atoms with Crippen LogP contribution in [0.2, 0.25) is 0 Å². The highest BCUT2D eigenvalue weighted by atomic mass is 19.4. The van der Waals surface area contributed by atoms with Crippen molar-refractivity contribution in [3.05, 3.63) is 29.8 Å². The molecule has 0 bridgehead atoms. The van der Waals surface area contributed by atoms with Crippen molar-refractivity contribution >= 4 is 17.7 Å². The van der Waals surface area contributed by atoms with Crippen molar-refractivity contribution < 1.29 is 32.6 Å². The van der Waals surface area contributed by atoms with Crippen LogP contribution in [-0.2, 0) is 15.7 Å². The van der Waals surface area contributed by atoms with E-state index in [2.05, 4.69) is 10.6 Å². The Labute approximate surface area is 143 Å². The van der Waals surface area contributed by atoms with E-state index in [0.717, 1.165) is 24.3 Å². The molecule has 2 amide bonds. The lowest BCUT2D eigenvalue weighted by Gasteiger charge is -2.27. The van der Waals surface area contributed by atoms with Gasteiger partial charge in [-0.15, -0.1) is 0 Å². The van der Waals surface area contributed by atoms with Crippen molar-refractivity contribution in [2.24, 2.45) is 0 Å². The van der Waals surface area contributed by atoms with Gasteiger partial charge in [-0.25, -0.2) is 9.59 Å². The highest BCUT2D eigenvalue weighted by Crippen LogP contribution is 2.29. The normalized spacial score (nSPS) is 14.4. The van der Waals surface area contributed by atoms with Crippen molar-refractivity contribution in [3.63, 3.8) is 0 Å². The van der Waals surface area contributed by atoms with Gasteiger partial charge >= 0.3 is 18.2 Å². The predicted molar refractivity (Wildman–Crippen MR) is 84.9 cm³/mol. The average Bonchev–Trinajstić information content (AvgIpc) is 2.43. The summed E-state index contributed by atoms with van der Waals surface area (Å²) in [4.78, 5) is 23.6. The molecule has 0 saturated carbocycles. The van der Waals surface area contributed by atoms with Crippen LogP contribution in [0.15, 0.2) is 24.3 Å². The van der Waals surface area contributed by atoms with E-state index in [0.29, 0.717) is 0 Å². The number of aliphatic hydroxyl groups is 1. The van der Waals surface area contributed by atoms with E-state index in [9.17, 15) is 27.9 Å². The molecule has 6 nitrogen and oxygen atoms in total. The summed E-state index contributed by atoms with van der Waals surface area (Å²) in [5, 5.41) is 14.6. The van der Waals surface area contributed by atoms with Gasteiger partial charge in [0.15, 0.2) is 5.60 Å². The molecule has 0 aliphatic rings. The van der Waals surface area contributed by atoms with Crippen LogP contribution in [0.25, 0.3) is 0 Å². The van der Waals surface area contributed by atoms with E-state index in [1.165, 1.54) is 6.92 Å². The lowest BCUT2D eigenvalue weighted by atomic mass is 10.1. The lowest BCUT2D eigenvalue weighted by Crippen LogP contribution is -2.50.